The first-order valence-electron chi connectivity index (χ1n) is 12.7. The van der Waals surface area contributed by atoms with Crippen LogP contribution in [0.25, 0.3) is 11.6 Å². The fourth-order valence-electron chi connectivity index (χ4n) is 5.34. The first-order chi connectivity index (χ1) is 17.5. The van der Waals surface area contributed by atoms with Crippen LogP contribution >= 0.6 is 0 Å². The Hall–Kier alpha value is -3.56. The Balaban J connectivity index is 1.43. The van der Waals surface area contributed by atoms with E-state index in [-0.39, 0.29) is 42.1 Å². The lowest BCUT2D eigenvalue weighted by molar-refractivity contribution is -0.144. The molecule has 9 nitrogen and oxygen atoms in total. The highest BCUT2D eigenvalue weighted by Gasteiger charge is 2.38. The largest absolute Gasteiger partial charge is 0.458 e. The normalized spacial score (nSPS) is 17.4. The first kappa shape index (κ1) is 24.1. The highest BCUT2D eigenvalue weighted by Crippen LogP contribution is 2.33. The molecule has 190 valence electrons. The number of nitrogens with one attached hydrogen (secondary N) is 1. The van der Waals surface area contributed by atoms with E-state index in [1.165, 1.54) is 16.9 Å². The lowest BCUT2D eigenvalue weighted by atomic mass is 10.0. The van der Waals surface area contributed by atoms with Gasteiger partial charge in [0.1, 0.15) is 24.2 Å². The van der Waals surface area contributed by atoms with E-state index in [2.05, 4.69) is 20.7 Å². The SMILES string of the molecule is Cc1ccc(-c2nnn(CC(=O)N(C3CCCC3)[C@@H](C(=O)NC3CCCC3)c3ccc(F)cc3)n2)o1. The van der Waals surface area contributed by atoms with Crippen LogP contribution in [0, 0.1) is 12.7 Å². The molecule has 10 heteroatoms. The van der Waals surface area contributed by atoms with Gasteiger partial charge in [0.15, 0.2) is 5.76 Å². The van der Waals surface area contributed by atoms with E-state index in [0.29, 0.717) is 11.3 Å². The third kappa shape index (κ3) is 5.32. The number of carbonyl (C=O) groups is 2. The Morgan fingerprint density at radius 2 is 1.78 bits per heavy atom. The van der Waals surface area contributed by atoms with Crippen LogP contribution in [0.3, 0.4) is 0 Å². The van der Waals surface area contributed by atoms with Gasteiger partial charge in [0, 0.05) is 12.1 Å². The quantitative estimate of drug-likeness (QED) is 0.508. The van der Waals surface area contributed by atoms with Crippen molar-refractivity contribution in [3.8, 4) is 11.6 Å². The van der Waals surface area contributed by atoms with Crippen molar-refractivity contribution in [1.29, 1.82) is 0 Å². The number of nitrogens with zero attached hydrogens (tertiary/aromatic N) is 5. The average Bonchev–Trinajstić information content (AvgIpc) is 3.66. The molecule has 1 atom stereocenters. The number of halogens is 1. The molecule has 2 aliphatic rings. The minimum atomic E-state index is -0.863. The predicted molar refractivity (Wildman–Crippen MR) is 129 cm³/mol. The molecule has 2 heterocycles. The summed E-state index contributed by atoms with van der Waals surface area (Å²) in [4.78, 5) is 30.4. The summed E-state index contributed by atoms with van der Waals surface area (Å²) in [6.07, 6.45) is 7.59. The van der Waals surface area contributed by atoms with Crippen LogP contribution < -0.4 is 5.32 Å². The number of hydrogen-bond acceptors (Lipinski definition) is 6. The van der Waals surface area contributed by atoms with Crippen molar-refractivity contribution in [2.45, 2.75) is 83.0 Å². The van der Waals surface area contributed by atoms with Crippen LogP contribution in [0.4, 0.5) is 4.39 Å². The lowest BCUT2D eigenvalue weighted by Crippen LogP contribution is -2.50. The van der Waals surface area contributed by atoms with Gasteiger partial charge in [-0.05, 0) is 67.6 Å². The molecule has 36 heavy (non-hydrogen) atoms. The van der Waals surface area contributed by atoms with E-state index >= 15 is 0 Å². The summed E-state index contributed by atoms with van der Waals surface area (Å²) >= 11 is 0. The number of benzene rings is 1. The molecule has 0 saturated heterocycles. The van der Waals surface area contributed by atoms with Crippen molar-refractivity contribution in [3.63, 3.8) is 0 Å². The maximum absolute atomic E-state index is 13.8. The molecule has 5 rings (SSSR count). The molecule has 2 amide bonds. The van der Waals surface area contributed by atoms with Crippen LogP contribution in [0.5, 0.6) is 0 Å². The van der Waals surface area contributed by atoms with E-state index in [0.717, 1.165) is 57.1 Å². The summed E-state index contributed by atoms with van der Waals surface area (Å²) in [6, 6.07) is 8.54. The number of amides is 2. The summed E-state index contributed by atoms with van der Waals surface area (Å²) < 4.78 is 19.3. The van der Waals surface area contributed by atoms with Crippen molar-refractivity contribution in [2.75, 3.05) is 0 Å². The minimum absolute atomic E-state index is 0.0947. The third-order valence-electron chi connectivity index (χ3n) is 7.11. The fraction of sp³-hybridized carbons (Fsp3) is 0.500. The van der Waals surface area contributed by atoms with Gasteiger partial charge in [-0.25, -0.2) is 4.39 Å². The van der Waals surface area contributed by atoms with E-state index in [9.17, 15) is 14.0 Å². The lowest BCUT2D eigenvalue weighted by Gasteiger charge is -2.36. The zero-order valence-corrected chi connectivity index (χ0v) is 20.4. The standard InChI is InChI=1S/C26H31FN6O3/c1-17-10-15-22(36-17)25-29-31-32(30-25)16-23(34)33(21-8-4-5-9-21)24(18-11-13-19(27)14-12-18)26(35)28-20-6-2-3-7-20/h10-15,20-21,24H,2-9,16H2,1H3,(H,28,35)/t24-/m1/s1. The van der Waals surface area contributed by atoms with Gasteiger partial charge in [-0.2, -0.15) is 4.80 Å². The topological polar surface area (TPSA) is 106 Å². The van der Waals surface area contributed by atoms with Crippen LogP contribution in [-0.2, 0) is 16.1 Å². The Kier molecular flexibility index (Phi) is 7.11. The van der Waals surface area contributed by atoms with E-state index in [4.69, 9.17) is 4.42 Å². The molecule has 0 spiro atoms. The molecule has 0 bridgehead atoms. The van der Waals surface area contributed by atoms with E-state index in [1.54, 1.807) is 29.2 Å². The zero-order chi connectivity index (χ0) is 25.1. The Morgan fingerprint density at radius 1 is 1.08 bits per heavy atom. The summed E-state index contributed by atoms with van der Waals surface area (Å²) in [5.41, 5.74) is 0.588. The molecule has 0 unspecified atom stereocenters. The zero-order valence-electron chi connectivity index (χ0n) is 20.4. The average molecular weight is 495 g/mol. The van der Waals surface area contributed by atoms with E-state index in [1.807, 2.05) is 6.92 Å². The van der Waals surface area contributed by atoms with Crippen LogP contribution in [0.2, 0.25) is 0 Å². The second-order valence-electron chi connectivity index (χ2n) is 9.74. The van der Waals surface area contributed by atoms with Gasteiger partial charge in [0.25, 0.3) is 0 Å². The second kappa shape index (κ2) is 10.6. The molecular formula is C26H31FN6O3. The number of carbonyl (C=O) groups excluding carboxylic acids is 2. The Bertz CT molecular complexity index is 1190. The fourth-order valence-corrected chi connectivity index (χ4v) is 5.34. The molecule has 2 fully saturated rings. The second-order valence-corrected chi connectivity index (χ2v) is 9.74. The van der Waals surface area contributed by atoms with Gasteiger partial charge in [0.05, 0.1) is 0 Å². The summed E-state index contributed by atoms with van der Waals surface area (Å²) in [5.74, 6) is 0.584. The number of tetrazole rings is 1. The smallest absolute Gasteiger partial charge is 0.247 e. The highest BCUT2D eigenvalue weighted by molar-refractivity contribution is 5.89. The number of aromatic nitrogens is 4. The van der Waals surface area contributed by atoms with Crippen LogP contribution in [0.15, 0.2) is 40.8 Å². The Morgan fingerprint density at radius 3 is 2.44 bits per heavy atom. The van der Waals surface area contributed by atoms with Crippen molar-refractivity contribution in [2.24, 2.45) is 0 Å². The molecule has 1 N–H and O–H groups in total. The molecule has 2 aliphatic carbocycles. The third-order valence-corrected chi connectivity index (χ3v) is 7.11. The predicted octanol–water partition coefficient (Wildman–Crippen LogP) is 3.95. The van der Waals surface area contributed by atoms with Crippen molar-refractivity contribution in [3.05, 3.63) is 53.5 Å². The molecule has 2 aromatic heterocycles. The molecule has 3 aromatic rings. The molecule has 0 aliphatic heterocycles. The van der Waals surface area contributed by atoms with Gasteiger partial charge < -0.3 is 14.6 Å². The Labute approximate surface area is 209 Å². The van der Waals surface area contributed by atoms with Crippen molar-refractivity contribution >= 4 is 11.8 Å². The molecule has 0 radical (unpaired) electrons. The van der Waals surface area contributed by atoms with Crippen LogP contribution in [0.1, 0.15) is 68.7 Å². The van der Waals surface area contributed by atoms with Crippen LogP contribution in [-0.4, -0.2) is 49.0 Å². The number of hydrogen-bond donors (Lipinski definition) is 1. The number of aryl methyl sites for hydroxylation is 1. The van der Waals surface area contributed by atoms with Gasteiger partial charge in [-0.15, -0.1) is 10.2 Å². The summed E-state index contributed by atoms with van der Waals surface area (Å²) in [6.45, 7) is 1.65. The van der Waals surface area contributed by atoms with Gasteiger partial charge in [-0.3, -0.25) is 9.59 Å². The highest BCUT2D eigenvalue weighted by atomic mass is 19.1. The monoisotopic (exact) mass is 494 g/mol. The van der Waals surface area contributed by atoms with Gasteiger partial charge in [0.2, 0.25) is 17.6 Å². The minimum Gasteiger partial charge on any atom is -0.458 e. The molecule has 1 aromatic carbocycles. The van der Waals surface area contributed by atoms with Gasteiger partial charge >= 0.3 is 0 Å². The van der Waals surface area contributed by atoms with E-state index < -0.39 is 6.04 Å². The first-order valence-corrected chi connectivity index (χ1v) is 12.7. The summed E-state index contributed by atoms with van der Waals surface area (Å²) in [5, 5.41) is 15.5. The maximum atomic E-state index is 13.8. The van der Waals surface area contributed by atoms with Gasteiger partial charge in [-0.1, -0.05) is 37.8 Å². The van der Waals surface area contributed by atoms with Crippen molar-refractivity contribution in [1.82, 2.24) is 30.4 Å². The number of furan rings is 1. The summed E-state index contributed by atoms with van der Waals surface area (Å²) in [7, 11) is 0. The number of rotatable bonds is 8. The van der Waals surface area contributed by atoms with Crippen molar-refractivity contribution < 1.29 is 18.4 Å². The molecule has 2 saturated carbocycles. The molecular weight excluding hydrogens is 463 g/mol. The maximum Gasteiger partial charge on any atom is 0.247 e.